The Balaban J connectivity index is 2.68. The summed E-state index contributed by atoms with van der Waals surface area (Å²) >= 11 is 4.85. The summed E-state index contributed by atoms with van der Waals surface area (Å²) in [5, 5.41) is 3.13. The molecule has 0 atom stereocenters. The molecule has 12 heavy (non-hydrogen) atoms. The number of nitrogens with one attached hydrogen (secondary N) is 3. The van der Waals surface area contributed by atoms with E-state index in [4.69, 9.17) is 12.2 Å². The van der Waals surface area contributed by atoms with Crippen LogP contribution in [-0.4, -0.2) is 16.5 Å². The molecule has 1 aromatic heterocycles. The van der Waals surface area contributed by atoms with Crippen molar-refractivity contribution >= 4 is 12.2 Å². The molecule has 0 saturated heterocycles. The lowest BCUT2D eigenvalue weighted by Crippen LogP contribution is -2.31. The third-order valence-corrected chi connectivity index (χ3v) is 2.19. The van der Waals surface area contributed by atoms with E-state index < -0.39 is 0 Å². The Morgan fingerprint density at radius 2 is 2.17 bits per heavy atom. The minimum absolute atomic E-state index is 0.0686. The van der Waals surface area contributed by atoms with Gasteiger partial charge in [0.15, 0.2) is 4.77 Å². The van der Waals surface area contributed by atoms with Gasteiger partial charge >= 0.3 is 0 Å². The van der Waals surface area contributed by atoms with Gasteiger partial charge in [-0.1, -0.05) is 0 Å². The second-order valence-electron chi connectivity index (χ2n) is 2.79. The molecule has 0 aliphatic carbocycles. The number of H-pyrrole nitrogens is 2. The maximum atomic E-state index is 11.3. The molecule has 0 bridgehead atoms. The Morgan fingerprint density at radius 3 is 3.00 bits per heavy atom. The Morgan fingerprint density at radius 1 is 1.33 bits per heavy atom. The third-order valence-electron chi connectivity index (χ3n) is 1.98. The fraction of sp³-hybridized carbons (Fsp3) is 0.429. The van der Waals surface area contributed by atoms with Crippen LogP contribution < -0.4 is 10.9 Å². The average molecular weight is 183 g/mol. The van der Waals surface area contributed by atoms with Crippen LogP contribution in [0.4, 0.5) is 0 Å². The van der Waals surface area contributed by atoms with Crippen LogP contribution in [0.25, 0.3) is 0 Å². The minimum Gasteiger partial charge on any atom is -0.335 e. The van der Waals surface area contributed by atoms with Crippen LogP contribution in [0.15, 0.2) is 4.79 Å². The van der Waals surface area contributed by atoms with Crippen molar-refractivity contribution in [1.82, 2.24) is 15.3 Å². The zero-order valence-corrected chi connectivity index (χ0v) is 7.25. The van der Waals surface area contributed by atoms with E-state index in [0.29, 0.717) is 11.3 Å². The SMILES string of the molecule is O=c1[nH]c(=S)[nH]c2c1CNCC2. The maximum Gasteiger partial charge on any atom is 0.256 e. The molecule has 0 fully saturated rings. The smallest absolute Gasteiger partial charge is 0.256 e. The highest BCUT2D eigenvalue weighted by molar-refractivity contribution is 7.71. The van der Waals surface area contributed by atoms with Crippen molar-refractivity contribution in [2.75, 3.05) is 6.54 Å². The number of aromatic amines is 2. The van der Waals surface area contributed by atoms with E-state index in [-0.39, 0.29) is 5.56 Å². The molecule has 1 aliphatic rings. The van der Waals surface area contributed by atoms with Crippen LogP contribution in [0.2, 0.25) is 0 Å². The predicted octanol–water partition coefficient (Wildman–Crippen LogP) is 0.0782. The van der Waals surface area contributed by atoms with Gasteiger partial charge in [0.25, 0.3) is 5.56 Å². The van der Waals surface area contributed by atoms with Crippen molar-refractivity contribution in [3.63, 3.8) is 0 Å². The minimum atomic E-state index is -0.0686. The molecule has 0 amide bonds. The number of hydrogen-bond acceptors (Lipinski definition) is 3. The number of fused-ring (bicyclic) bond motifs is 1. The summed E-state index contributed by atoms with van der Waals surface area (Å²) in [6, 6.07) is 0. The summed E-state index contributed by atoms with van der Waals surface area (Å²) in [7, 11) is 0. The number of rotatable bonds is 0. The van der Waals surface area contributed by atoms with E-state index in [9.17, 15) is 4.79 Å². The second-order valence-corrected chi connectivity index (χ2v) is 3.20. The van der Waals surface area contributed by atoms with Crippen LogP contribution in [0.3, 0.4) is 0 Å². The standard InChI is InChI=1S/C7H9N3OS/c11-6-4-3-8-2-1-5(4)9-7(12)10-6/h8H,1-3H2,(H2,9,10,11,12). The summed E-state index contributed by atoms with van der Waals surface area (Å²) in [5.41, 5.74) is 1.69. The fourth-order valence-electron chi connectivity index (χ4n) is 1.39. The average Bonchev–Trinajstić information content (AvgIpc) is 2.04. The molecule has 2 rings (SSSR count). The predicted molar refractivity (Wildman–Crippen MR) is 47.7 cm³/mol. The fourth-order valence-corrected chi connectivity index (χ4v) is 1.60. The lowest BCUT2D eigenvalue weighted by molar-refractivity contribution is 0.619. The Kier molecular flexibility index (Phi) is 1.82. The van der Waals surface area contributed by atoms with Gasteiger partial charge < -0.3 is 10.3 Å². The first kappa shape index (κ1) is 7.70. The van der Waals surface area contributed by atoms with Crippen LogP contribution in [-0.2, 0) is 13.0 Å². The number of hydrogen-bond donors (Lipinski definition) is 3. The van der Waals surface area contributed by atoms with Gasteiger partial charge in [-0.15, -0.1) is 0 Å². The first-order valence-electron chi connectivity index (χ1n) is 3.82. The quantitative estimate of drug-likeness (QED) is 0.499. The summed E-state index contributed by atoms with van der Waals surface area (Å²) < 4.78 is 0.417. The van der Waals surface area contributed by atoms with E-state index >= 15 is 0 Å². The molecule has 5 heteroatoms. The van der Waals surface area contributed by atoms with E-state index in [1.54, 1.807) is 0 Å². The summed E-state index contributed by atoms with van der Waals surface area (Å²) in [6.07, 6.45) is 0.850. The van der Waals surface area contributed by atoms with Crippen molar-refractivity contribution in [3.8, 4) is 0 Å². The van der Waals surface area contributed by atoms with Crippen molar-refractivity contribution in [2.45, 2.75) is 13.0 Å². The zero-order chi connectivity index (χ0) is 8.55. The molecule has 3 N–H and O–H groups in total. The molecule has 4 nitrogen and oxygen atoms in total. The summed E-state index contributed by atoms with van der Waals surface area (Å²) in [5.74, 6) is 0. The Labute approximate surface area is 74.0 Å². The van der Waals surface area contributed by atoms with E-state index in [1.165, 1.54) is 0 Å². The van der Waals surface area contributed by atoms with Gasteiger partial charge in [0.2, 0.25) is 0 Å². The van der Waals surface area contributed by atoms with Crippen LogP contribution >= 0.6 is 12.2 Å². The lowest BCUT2D eigenvalue weighted by Gasteiger charge is -2.14. The first-order chi connectivity index (χ1) is 5.77. The lowest BCUT2D eigenvalue weighted by atomic mass is 10.1. The van der Waals surface area contributed by atoms with E-state index in [0.717, 1.165) is 24.2 Å². The Hall–Kier alpha value is -0.940. The highest BCUT2D eigenvalue weighted by Crippen LogP contribution is 2.04. The van der Waals surface area contributed by atoms with Crippen LogP contribution in [0.1, 0.15) is 11.3 Å². The normalized spacial score (nSPS) is 15.7. The van der Waals surface area contributed by atoms with Gasteiger partial charge in [0.1, 0.15) is 0 Å². The maximum absolute atomic E-state index is 11.3. The molecule has 0 aromatic carbocycles. The molecular weight excluding hydrogens is 174 g/mol. The monoisotopic (exact) mass is 183 g/mol. The Bertz CT molecular complexity index is 406. The molecule has 0 unspecified atom stereocenters. The van der Waals surface area contributed by atoms with Gasteiger partial charge in [0, 0.05) is 25.2 Å². The van der Waals surface area contributed by atoms with E-state index in [2.05, 4.69) is 15.3 Å². The molecule has 2 heterocycles. The van der Waals surface area contributed by atoms with Gasteiger partial charge in [-0.3, -0.25) is 9.78 Å². The highest BCUT2D eigenvalue weighted by Gasteiger charge is 2.11. The van der Waals surface area contributed by atoms with Crippen molar-refractivity contribution in [1.29, 1.82) is 0 Å². The third kappa shape index (κ3) is 1.21. The summed E-state index contributed by atoms with van der Waals surface area (Å²) in [4.78, 5) is 16.9. The second kappa shape index (κ2) is 2.84. The molecular formula is C7H9N3OS. The van der Waals surface area contributed by atoms with Crippen molar-refractivity contribution in [2.24, 2.45) is 0 Å². The van der Waals surface area contributed by atoms with Crippen molar-refractivity contribution in [3.05, 3.63) is 26.4 Å². The summed E-state index contributed by atoms with van der Waals surface area (Å²) in [6.45, 7) is 1.54. The largest absolute Gasteiger partial charge is 0.335 e. The van der Waals surface area contributed by atoms with Crippen LogP contribution in [0, 0.1) is 4.77 Å². The first-order valence-corrected chi connectivity index (χ1v) is 4.23. The van der Waals surface area contributed by atoms with E-state index in [1.807, 2.05) is 0 Å². The number of aromatic nitrogens is 2. The highest BCUT2D eigenvalue weighted by atomic mass is 32.1. The van der Waals surface area contributed by atoms with Crippen LogP contribution in [0.5, 0.6) is 0 Å². The van der Waals surface area contributed by atoms with Gasteiger partial charge in [-0.2, -0.15) is 0 Å². The van der Waals surface area contributed by atoms with Gasteiger partial charge in [-0.25, -0.2) is 0 Å². The molecule has 0 spiro atoms. The van der Waals surface area contributed by atoms with Gasteiger partial charge in [-0.05, 0) is 12.2 Å². The molecule has 64 valence electrons. The topological polar surface area (TPSA) is 60.7 Å². The zero-order valence-electron chi connectivity index (χ0n) is 6.44. The molecule has 0 radical (unpaired) electrons. The van der Waals surface area contributed by atoms with Gasteiger partial charge in [0.05, 0.1) is 5.56 Å². The van der Waals surface area contributed by atoms with Crippen molar-refractivity contribution < 1.29 is 0 Å². The molecule has 1 aliphatic heterocycles. The molecule has 0 saturated carbocycles. The molecule has 1 aromatic rings.